The molecule has 37 heavy (non-hydrogen) atoms. The molecule has 6 nitrogen and oxygen atoms in total. The lowest BCUT2D eigenvalue weighted by molar-refractivity contribution is 0.0984. The number of Topliss-reactive ketones (excluding diaryl/α,β-unsaturated/α-hetero) is 2. The van der Waals surface area contributed by atoms with Gasteiger partial charge in [0.2, 0.25) is 9.84 Å². The van der Waals surface area contributed by atoms with Crippen molar-refractivity contribution in [3.05, 3.63) is 118 Å². The number of hydrogen-bond acceptors (Lipinski definition) is 6. The average molecular weight is 515 g/mol. The maximum atomic E-state index is 13.4. The first kappa shape index (κ1) is 25.9. The Balaban J connectivity index is 1.59. The van der Waals surface area contributed by atoms with Crippen LogP contribution >= 0.6 is 0 Å². The van der Waals surface area contributed by atoms with Gasteiger partial charge in [0.15, 0.2) is 11.6 Å². The maximum Gasteiger partial charge on any atom is 0.206 e. The molecule has 0 aromatic heterocycles. The zero-order valence-electron chi connectivity index (χ0n) is 20.4. The lowest BCUT2D eigenvalue weighted by Crippen LogP contribution is -2.09. The SMILES string of the molecule is Cc1ccc(O)c(CC(=O)c2cccc(S(=O)(=O)c3cccc(C(=O)Cc4cc(C)ccc4O)c3)c2)c1. The quantitative estimate of drug-likeness (QED) is 0.305. The summed E-state index contributed by atoms with van der Waals surface area (Å²) in [7, 11) is -4.03. The molecular weight excluding hydrogens is 488 g/mol. The molecule has 0 fully saturated rings. The summed E-state index contributed by atoms with van der Waals surface area (Å²) < 4.78 is 26.8. The molecule has 2 N–H and O–H groups in total. The lowest BCUT2D eigenvalue weighted by atomic mass is 10.0. The molecule has 0 saturated carbocycles. The van der Waals surface area contributed by atoms with Crippen LogP contribution in [0.1, 0.15) is 43.0 Å². The standard InChI is InChI=1S/C30H26O6S/c1-19-9-11-27(31)23(13-19)17-29(33)21-5-3-7-25(15-21)37(35,36)26-8-4-6-22(16-26)30(34)18-24-14-20(2)10-12-28(24)32/h3-16,31-32H,17-18H2,1-2H3. The number of carbonyl (C=O) groups is 2. The van der Waals surface area contributed by atoms with E-state index in [1.807, 2.05) is 13.8 Å². The third-order valence-electron chi connectivity index (χ3n) is 6.10. The van der Waals surface area contributed by atoms with Crippen molar-refractivity contribution < 1.29 is 28.2 Å². The van der Waals surface area contributed by atoms with Crippen molar-refractivity contribution in [2.75, 3.05) is 0 Å². The van der Waals surface area contributed by atoms with Crippen LogP contribution in [0.3, 0.4) is 0 Å². The van der Waals surface area contributed by atoms with Crippen molar-refractivity contribution >= 4 is 21.4 Å². The van der Waals surface area contributed by atoms with Gasteiger partial charge in [-0.1, -0.05) is 59.7 Å². The molecule has 188 valence electrons. The van der Waals surface area contributed by atoms with E-state index in [2.05, 4.69) is 0 Å². The van der Waals surface area contributed by atoms with Gasteiger partial charge in [-0.3, -0.25) is 9.59 Å². The van der Waals surface area contributed by atoms with Gasteiger partial charge in [-0.2, -0.15) is 0 Å². The van der Waals surface area contributed by atoms with Gasteiger partial charge in [0.05, 0.1) is 9.79 Å². The fourth-order valence-electron chi connectivity index (χ4n) is 4.07. The van der Waals surface area contributed by atoms with E-state index in [4.69, 9.17) is 0 Å². The van der Waals surface area contributed by atoms with E-state index in [9.17, 15) is 28.2 Å². The molecule has 4 rings (SSSR count). The molecule has 0 unspecified atom stereocenters. The van der Waals surface area contributed by atoms with E-state index in [0.29, 0.717) is 11.1 Å². The molecular formula is C30H26O6S. The molecule has 0 saturated heterocycles. The summed E-state index contributed by atoms with van der Waals surface area (Å²) in [6.07, 6.45) is -0.153. The fraction of sp³-hybridized carbons (Fsp3) is 0.133. The molecule has 0 bridgehead atoms. The Morgan fingerprint density at radius 3 is 1.43 bits per heavy atom. The summed E-state index contributed by atoms with van der Waals surface area (Å²) >= 11 is 0. The fourth-order valence-corrected chi connectivity index (χ4v) is 5.42. The van der Waals surface area contributed by atoms with Crippen LogP contribution in [0.5, 0.6) is 11.5 Å². The van der Waals surface area contributed by atoms with Crippen LogP contribution in [-0.2, 0) is 22.7 Å². The summed E-state index contributed by atoms with van der Waals surface area (Å²) in [4.78, 5) is 25.6. The first-order chi connectivity index (χ1) is 17.5. The minimum absolute atomic E-state index is 0.00295. The molecule has 0 amide bonds. The van der Waals surface area contributed by atoms with Crippen molar-refractivity contribution in [3.63, 3.8) is 0 Å². The Hall–Kier alpha value is -4.23. The van der Waals surface area contributed by atoms with Crippen LogP contribution in [0.2, 0.25) is 0 Å². The number of sulfone groups is 1. The molecule has 0 spiro atoms. The van der Waals surface area contributed by atoms with Crippen LogP contribution in [0.15, 0.2) is 94.7 Å². The topological polar surface area (TPSA) is 109 Å². The minimum atomic E-state index is -4.03. The molecule has 0 atom stereocenters. The zero-order valence-corrected chi connectivity index (χ0v) is 21.2. The van der Waals surface area contributed by atoms with Crippen LogP contribution in [0, 0.1) is 13.8 Å². The summed E-state index contributed by atoms with van der Waals surface area (Å²) in [5, 5.41) is 20.1. The maximum absolute atomic E-state index is 13.4. The summed E-state index contributed by atoms with van der Waals surface area (Å²) in [6.45, 7) is 3.70. The highest BCUT2D eigenvalue weighted by Crippen LogP contribution is 2.26. The van der Waals surface area contributed by atoms with Crippen LogP contribution in [-0.4, -0.2) is 30.2 Å². The number of benzene rings is 4. The Labute approximate surface area is 215 Å². The second-order valence-corrected chi connectivity index (χ2v) is 11.0. The Kier molecular flexibility index (Phi) is 7.27. The van der Waals surface area contributed by atoms with Gasteiger partial charge in [-0.25, -0.2) is 8.42 Å². The van der Waals surface area contributed by atoms with Gasteiger partial charge in [-0.05, 0) is 50.2 Å². The smallest absolute Gasteiger partial charge is 0.206 e. The molecule has 0 heterocycles. The molecule has 0 aliphatic rings. The Bertz CT molecular complexity index is 1500. The van der Waals surface area contributed by atoms with E-state index in [0.717, 1.165) is 11.1 Å². The highest BCUT2D eigenvalue weighted by Gasteiger charge is 2.21. The van der Waals surface area contributed by atoms with Crippen LogP contribution in [0.25, 0.3) is 0 Å². The second kappa shape index (κ2) is 10.4. The highest BCUT2D eigenvalue weighted by atomic mass is 32.2. The summed E-state index contributed by atoms with van der Waals surface area (Å²) in [5.41, 5.74) is 3.11. The second-order valence-electron chi connectivity index (χ2n) is 9.02. The first-order valence-corrected chi connectivity index (χ1v) is 13.1. The van der Waals surface area contributed by atoms with Crippen LogP contribution in [0.4, 0.5) is 0 Å². The van der Waals surface area contributed by atoms with E-state index in [-0.39, 0.29) is 56.8 Å². The van der Waals surface area contributed by atoms with Gasteiger partial charge in [-0.15, -0.1) is 0 Å². The van der Waals surface area contributed by atoms with E-state index < -0.39 is 9.84 Å². The Morgan fingerprint density at radius 1 is 0.622 bits per heavy atom. The number of hydrogen-bond donors (Lipinski definition) is 2. The van der Waals surface area contributed by atoms with Crippen molar-refractivity contribution in [1.82, 2.24) is 0 Å². The number of ketones is 2. The number of aromatic hydroxyl groups is 2. The third-order valence-corrected chi connectivity index (χ3v) is 7.85. The van der Waals surface area contributed by atoms with Gasteiger partial charge in [0.25, 0.3) is 0 Å². The minimum Gasteiger partial charge on any atom is -0.508 e. The molecule has 0 aliphatic heterocycles. The summed E-state index contributed by atoms with van der Waals surface area (Å²) in [6, 6.07) is 21.4. The molecule has 0 aliphatic carbocycles. The van der Waals surface area contributed by atoms with E-state index >= 15 is 0 Å². The number of phenols is 2. The highest BCUT2D eigenvalue weighted by molar-refractivity contribution is 7.91. The predicted octanol–water partition coefficient (Wildman–Crippen LogP) is 5.40. The number of carbonyl (C=O) groups excluding carboxylic acids is 2. The number of aryl methyl sites for hydroxylation is 2. The van der Waals surface area contributed by atoms with Crippen molar-refractivity contribution in [1.29, 1.82) is 0 Å². The predicted molar refractivity (Wildman–Crippen MR) is 140 cm³/mol. The third kappa shape index (κ3) is 5.78. The molecule has 4 aromatic carbocycles. The molecule has 7 heteroatoms. The monoisotopic (exact) mass is 514 g/mol. The molecule has 0 radical (unpaired) electrons. The number of rotatable bonds is 8. The van der Waals surface area contributed by atoms with Crippen molar-refractivity contribution in [2.45, 2.75) is 36.5 Å². The normalized spacial score (nSPS) is 11.3. The van der Waals surface area contributed by atoms with E-state index in [1.54, 1.807) is 24.3 Å². The average Bonchev–Trinajstić information content (AvgIpc) is 2.88. The lowest BCUT2D eigenvalue weighted by Gasteiger charge is -2.10. The van der Waals surface area contributed by atoms with Crippen molar-refractivity contribution in [3.8, 4) is 11.5 Å². The largest absolute Gasteiger partial charge is 0.508 e. The summed E-state index contributed by atoms with van der Waals surface area (Å²) in [5.74, 6) is -0.661. The van der Waals surface area contributed by atoms with Crippen molar-refractivity contribution in [2.24, 2.45) is 0 Å². The van der Waals surface area contributed by atoms with E-state index in [1.165, 1.54) is 60.7 Å². The Morgan fingerprint density at radius 2 is 1.03 bits per heavy atom. The van der Waals surface area contributed by atoms with Gasteiger partial charge in [0, 0.05) is 35.1 Å². The number of phenolic OH excluding ortho intramolecular Hbond substituents is 2. The van der Waals surface area contributed by atoms with Gasteiger partial charge < -0.3 is 10.2 Å². The first-order valence-electron chi connectivity index (χ1n) is 11.6. The van der Waals surface area contributed by atoms with Gasteiger partial charge in [0.1, 0.15) is 11.5 Å². The zero-order chi connectivity index (χ0) is 26.7. The molecule has 4 aromatic rings. The van der Waals surface area contributed by atoms with Crippen LogP contribution < -0.4 is 0 Å². The van der Waals surface area contributed by atoms with Gasteiger partial charge >= 0.3 is 0 Å².